The van der Waals surface area contributed by atoms with E-state index >= 15 is 0 Å². The number of ether oxygens (including phenoxy) is 1. The van der Waals surface area contributed by atoms with E-state index in [2.05, 4.69) is 52.2 Å². The fourth-order valence-corrected chi connectivity index (χ4v) is 11.7. The van der Waals surface area contributed by atoms with Gasteiger partial charge in [-0.2, -0.15) is 0 Å². The number of nitrogens with two attached hydrogens (primary N) is 1. The first-order valence-electron chi connectivity index (χ1n) is 18.9. The molecular weight excluding hydrogens is 578 g/mol. The largest absolute Gasteiger partial charge is 0.462 e. The van der Waals surface area contributed by atoms with Crippen LogP contribution in [-0.4, -0.2) is 66.6 Å². The molecule has 4 aliphatic carbocycles. The molecule has 3 unspecified atom stereocenters. The van der Waals surface area contributed by atoms with E-state index in [-0.39, 0.29) is 69.9 Å². The van der Waals surface area contributed by atoms with Crippen molar-refractivity contribution in [3.63, 3.8) is 0 Å². The SMILES string of the molecule is CC(=O)O[C@H]1C[C@@]2(C)C(C[C@@H](O)C3[C@@]4(C)CC[C@H](O)[C@@H](C)C4CC[C@@]32C)[C@@H]1[C@H](CCCC(C)C)C(=O)NCCCNCCCCN. The fourth-order valence-electron chi connectivity index (χ4n) is 11.7. The molecule has 4 saturated carbocycles. The lowest BCUT2D eigenvalue weighted by Gasteiger charge is -2.69. The number of carbonyl (C=O) groups excluding carboxylic acids is 2. The van der Waals surface area contributed by atoms with Gasteiger partial charge in [0.05, 0.1) is 12.2 Å². The van der Waals surface area contributed by atoms with Gasteiger partial charge in [-0.15, -0.1) is 0 Å². The Morgan fingerprint density at radius 3 is 2.30 bits per heavy atom. The number of amides is 1. The highest BCUT2D eigenvalue weighted by Crippen LogP contribution is 2.74. The third kappa shape index (κ3) is 7.35. The molecule has 0 radical (unpaired) electrons. The number of rotatable bonds is 15. The molecule has 0 heterocycles. The number of hydrogen-bond acceptors (Lipinski definition) is 7. The quantitative estimate of drug-likeness (QED) is 0.118. The number of carbonyl (C=O) groups is 2. The lowest BCUT2D eigenvalue weighted by molar-refractivity contribution is -0.239. The first kappa shape index (κ1) is 37.6. The van der Waals surface area contributed by atoms with E-state index in [9.17, 15) is 19.8 Å². The van der Waals surface area contributed by atoms with Gasteiger partial charge in [-0.1, -0.05) is 54.4 Å². The Bertz CT molecular complexity index is 1020. The van der Waals surface area contributed by atoms with Crippen molar-refractivity contribution in [2.24, 2.45) is 63.4 Å². The first-order chi connectivity index (χ1) is 21.7. The predicted molar refractivity (Wildman–Crippen MR) is 184 cm³/mol. The van der Waals surface area contributed by atoms with Crippen molar-refractivity contribution >= 4 is 11.9 Å². The highest BCUT2D eigenvalue weighted by atomic mass is 16.5. The lowest BCUT2D eigenvalue weighted by atomic mass is 9.36. The molecule has 12 atom stereocenters. The van der Waals surface area contributed by atoms with E-state index in [4.69, 9.17) is 10.5 Å². The highest BCUT2D eigenvalue weighted by molar-refractivity contribution is 5.79. The van der Waals surface area contributed by atoms with Gasteiger partial charge >= 0.3 is 5.97 Å². The minimum absolute atomic E-state index is 0.0551. The maximum absolute atomic E-state index is 14.2. The fraction of sp³-hybridized carbons (Fsp3) is 0.947. The molecule has 8 heteroatoms. The van der Waals surface area contributed by atoms with E-state index in [1.54, 1.807) is 0 Å². The number of aliphatic hydroxyl groups excluding tert-OH is 2. The molecule has 0 saturated heterocycles. The molecule has 4 rings (SSSR count). The third-order valence-corrected chi connectivity index (χ3v) is 14.0. The second-order valence-electron chi connectivity index (χ2n) is 17.1. The molecule has 0 spiro atoms. The molecule has 1 amide bonds. The Labute approximate surface area is 280 Å². The number of unbranched alkanes of at least 4 members (excludes halogenated alkanes) is 1. The Morgan fingerprint density at radius 1 is 0.913 bits per heavy atom. The van der Waals surface area contributed by atoms with Crippen LogP contribution in [0.3, 0.4) is 0 Å². The molecule has 46 heavy (non-hydrogen) atoms. The molecular formula is C38H69N3O5. The molecule has 0 aromatic heterocycles. The summed E-state index contributed by atoms with van der Waals surface area (Å²) in [5, 5.41) is 29.8. The van der Waals surface area contributed by atoms with E-state index in [1.807, 2.05) is 0 Å². The van der Waals surface area contributed by atoms with Crippen molar-refractivity contribution < 1.29 is 24.5 Å². The number of nitrogens with one attached hydrogen (secondary N) is 2. The maximum atomic E-state index is 14.2. The van der Waals surface area contributed by atoms with Crippen LogP contribution in [0.1, 0.15) is 126 Å². The summed E-state index contributed by atoms with van der Waals surface area (Å²) in [6, 6.07) is 0. The van der Waals surface area contributed by atoms with Gasteiger partial charge in [-0.3, -0.25) is 9.59 Å². The lowest BCUT2D eigenvalue weighted by Crippen LogP contribution is -2.66. The number of fused-ring (bicyclic) bond motifs is 5. The van der Waals surface area contributed by atoms with E-state index in [0.29, 0.717) is 31.3 Å². The van der Waals surface area contributed by atoms with Gasteiger partial charge in [0.25, 0.3) is 0 Å². The van der Waals surface area contributed by atoms with Gasteiger partial charge in [-0.25, -0.2) is 0 Å². The summed E-state index contributed by atoms with van der Waals surface area (Å²) in [6.07, 6.45) is 9.73. The summed E-state index contributed by atoms with van der Waals surface area (Å²) in [5.74, 6) is 0.749. The van der Waals surface area contributed by atoms with Crippen LogP contribution in [0.5, 0.6) is 0 Å². The minimum atomic E-state index is -0.485. The van der Waals surface area contributed by atoms with Gasteiger partial charge in [0, 0.05) is 25.3 Å². The maximum Gasteiger partial charge on any atom is 0.302 e. The van der Waals surface area contributed by atoms with Crippen LogP contribution in [0.25, 0.3) is 0 Å². The van der Waals surface area contributed by atoms with Gasteiger partial charge < -0.3 is 31.3 Å². The molecule has 8 nitrogen and oxygen atoms in total. The highest BCUT2D eigenvalue weighted by Gasteiger charge is 2.72. The van der Waals surface area contributed by atoms with Crippen LogP contribution < -0.4 is 16.4 Å². The molecule has 266 valence electrons. The van der Waals surface area contributed by atoms with Crippen molar-refractivity contribution in [3.05, 3.63) is 0 Å². The van der Waals surface area contributed by atoms with Crippen LogP contribution >= 0.6 is 0 Å². The van der Waals surface area contributed by atoms with Crippen molar-refractivity contribution in [1.82, 2.24) is 10.6 Å². The summed E-state index contributed by atoms with van der Waals surface area (Å²) >= 11 is 0. The topological polar surface area (TPSA) is 134 Å². The average molecular weight is 648 g/mol. The van der Waals surface area contributed by atoms with Crippen LogP contribution in [0.2, 0.25) is 0 Å². The molecule has 0 aliphatic heterocycles. The summed E-state index contributed by atoms with van der Waals surface area (Å²) < 4.78 is 6.20. The number of hydrogen-bond donors (Lipinski definition) is 5. The second-order valence-corrected chi connectivity index (χ2v) is 17.1. The monoisotopic (exact) mass is 648 g/mol. The summed E-state index contributed by atoms with van der Waals surface area (Å²) in [5.41, 5.74) is 5.21. The number of esters is 1. The predicted octanol–water partition coefficient (Wildman–Crippen LogP) is 5.43. The Hall–Kier alpha value is -1.22. The standard InChI is InChI=1S/C38H69N3O5/c1-24(2)12-10-13-27(35(45)41-21-11-20-40-19-9-8-18-39)33-29-22-31(44)34-36(5)16-15-30(43)25(3)28(36)14-17-37(34,6)38(29,7)23-32(33)46-26(4)42/h24-25,27-34,40,43-44H,8-23,39H2,1-7H3,(H,41,45)/t25-,27-,28?,29?,30-,31+,32-,33-,34?,36-,37-,38-/m0/s1. The van der Waals surface area contributed by atoms with Gasteiger partial charge in [0.1, 0.15) is 6.10 Å². The molecule has 6 N–H and O–H groups in total. The third-order valence-electron chi connectivity index (χ3n) is 14.0. The average Bonchev–Trinajstić information content (AvgIpc) is 3.25. The van der Waals surface area contributed by atoms with E-state index in [1.165, 1.54) is 6.92 Å². The van der Waals surface area contributed by atoms with Crippen LogP contribution in [0.15, 0.2) is 0 Å². The Morgan fingerprint density at radius 2 is 1.63 bits per heavy atom. The summed E-state index contributed by atoms with van der Waals surface area (Å²) in [4.78, 5) is 26.8. The van der Waals surface area contributed by atoms with Crippen LogP contribution in [-0.2, 0) is 14.3 Å². The molecule has 4 fully saturated rings. The van der Waals surface area contributed by atoms with E-state index < -0.39 is 6.10 Å². The van der Waals surface area contributed by atoms with Crippen molar-refractivity contribution in [3.8, 4) is 0 Å². The molecule has 0 aromatic rings. The summed E-state index contributed by atoms with van der Waals surface area (Å²) in [6.45, 7) is 18.5. The van der Waals surface area contributed by atoms with Crippen molar-refractivity contribution in [2.45, 2.75) is 144 Å². The molecule has 0 aromatic carbocycles. The second kappa shape index (κ2) is 15.6. The van der Waals surface area contributed by atoms with Gasteiger partial charge in [0.15, 0.2) is 0 Å². The van der Waals surface area contributed by atoms with Crippen LogP contribution in [0.4, 0.5) is 0 Å². The van der Waals surface area contributed by atoms with Gasteiger partial charge in [-0.05, 0) is 130 Å². The van der Waals surface area contributed by atoms with Crippen molar-refractivity contribution in [1.29, 1.82) is 0 Å². The zero-order chi connectivity index (χ0) is 33.9. The summed E-state index contributed by atoms with van der Waals surface area (Å²) in [7, 11) is 0. The normalized spacial score (nSPS) is 40.9. The zero-order valence-corrected chi connectivity index (χ0v) is 30.3. The van der Waals surface area contributed by atoms with Crippen LogP contribution in [0, 0.1) is 57.7 Å². The van der Waals surface area contributed by atoms with E-state index in [0.717, 1.165) is 83.7 Å². The molecule has 4 aliphatic rings. The Kier molecular flexibility index (Phi) is 12.7. The number of aliphatic hydroxyl groups is 2. The molecule has 0 bridgehead atoms. The zero-order valence-electron chi connectivity index (χ0n) is 30.3. The van der Waals surface area contributed by atoms with Crippen molar-refractivity contribution in [2.75, 3.05) is 26.2 Å². The Balaban J connectivity index is 1.61. The minimum Gasteiger partial charge on any atom is -0.462 e. The van der Waals surface area contributed by atoms with Gasteiger partial charge in [0.2, 0.25) is 5.91 Å². The smallest absolute Gasteiger partial charge is 0.302 e. The first-order valence-corrected chi connectivity index (χ1v) is 18.9.